The van der Waals surface area contributed by atoms with E-state index in [1.165, 1.54) is 0 Å². The van der Waals surface area contributed by atoms with Crippen molar-refractivity contribution in [2.45, 2.75) is 34.2 Å². The molecule has 0 radical (unpaired) electrons. The van der Waals surface area contributed by atoms with Gasteiger partial charge in [0, 0.05) is 53.2 Å². The average Bonchev–Trinajstić information content (AvgIpc) is 3.18. The Hall–Kier alpha value is -3.12. The molecule has 3 aromatic rings. The second kappa shape index (κ2) is 8.92. The third-order valence-electron chi connectivity index (χ3n) is 5.16. The number of ether oxygens (including phenoxy) is 1. The highest BCUT2D eigenvalue weighted by atomic mass is 16.5. The Bertz CT molecular complexity index is 1010. The van der Waals surface area contributed by atoms with E-state index in [1.807, 2.05) is 38.1 Å². The molecule has 0 unspecified atom stereocenters. The van der Waals surface area contributed by atoms with Gasteiger partial charge < -0.3 is 13.9 Å². The van der Waals surface area contributed by atoms with Gasteiger partial charge in [-0.15, -0.1) is 0 Å². The maximum atomic E-state index is 12.4. The number of carbonyl (C=O) groups excluding carboxylic acids is 1. The Morgan fingerprint density at radius 1 is 1.03 bits per heavy atom. The second-order valence-corrected chi connectivity index (χ2v) is 7.17. The van der Waals surface area contributed by atoms with Gasteiger partial charge in [0.25, 0.3) is 5.91 Å². The van der Waals surface area contributed by atoms with Crippen molar-refractivity contribution in [3.05, 3.63) is 76.4 Å². The van der Waals surface area contributed by atoms with Crippen LogP contribution < -0.4 is 5.43 Å². The van der Waals surface area contributed by atoms with E-state index in [2.05, 4.69) is 51.7 Å². The van der Waals surface area contributed by atoms with Crippen LogP contribution in [0.15, 0.2) is 47.6 Å². The third-order valence-corrected chi connectivity index (χ3v) is 5.16. The van der Waals surface area contributed by atoms with Gasteiger partial charge in [0.1, 0.15) is 0 Å². The van der Waals surface area contributed by atoms with Gasteiger partial charge in [0.05, 0.1) is 12.8 Å². The fourth-order valence-corrected chi connectivity index (χ4v) is 3.55. The number of hydrogen-bond donors (Lipinski definition) is 1. The van der Waals surface area contributed by atoms with E-state index in [1.54, 1.807) is 13.3 Å². The number of nitrogens with one attached hydrogen (secondary N) is 1. The van der Waals surface area contributed by atoms with E-state index in [0.29, 0.717) is 12.2 Å². The smallest absolute Gasteiger partial charge is 0.271 e. The fourth-order valence-electron chi connectivity index (χ4n) is 3.55. The minimum absolute atomic E-state index is 0.234. The van der Waals surface area contributed by atoms with Gasteiger partial charge in [0.2, 0.25) is 0 Å². The van der Waals surface area contributed by atoms with Crippen LogP contribution in [-0.4, -0.2) is 35.0 Å². The standard InChI is InChI=1S/C23H28N4O2/c1-16-6-7-17(2)27(16)22-10-8-20(9-11-22)23(28)25-24-15-21-14-18(3)26(19(21)4)12-13-29-5/h6-11,14-15H,12-13H2,1-5H3,(H,25,28)/b24-15+. The summed E-state index contributed by atoms with van der Waals surface area (Å²) in [6, 6.07) is 13.7. The molecular formula is C23H28N4O2. The lowest BCUT2D eigenvalue weighted by atomic mass is 10.2. The highest BCUT2D eigenvalue weighted by Crippen LogP contribution is 2.17. The molecule has 0 aliphatic rings. The molecule has 0 spiro atoms. The van der Waals surface area contributed by atoms with Gasteiger partial charge in [-0.1, -0.05) is 0 Å². The van der Waals surface area contributed by atoms with Crippen LogP contribution in [0.2, 0.25) is 0 Å². The molecule has 29 heavy (non-hydrogen) atoms. The minimum atomic E-state index is -0.234. The number of carbonyl (C=O) groups is 1. The van der Waals surface area contributed by atoms with Crippen molar-refractivity contribution in [3.63, 3.8) is 0 Å². The molecule has 0 aliphatic carbocycles. The highest BCUT2D eigenvalue weighted by Gasteiger charge is 2.09. The summed E-state index contributed by atoms with van der Waals surface area (Å²) in [5.74, 6) is -0.234. The number of hydrazone groups is 1. The van der Waals surface area contributed by atoms with Gasteiger partial charge in [-0.3, -0.25) is 4.79 Å². The number of methoxy groups -OCH3 is 1. The largest absolute Gasteiger partial charge is 0.383 e. The van der Waals surface area contributed by atoms with Crippen molar-refractivity contribution in [1.82, 2.24) is 14.6 Å². The minimum Gasteiger partial charge on any atom is -0.383 e. The molecule has 0 fully saturated rings. The molecule has 3 rings (SSSR count). The van der Waals surface area contributed by atoms with Crippen LogP contribution in [0, 0.1) is 27.7 Å². The lowest BCUT2D eigenvalue weighted by Gasteiger charge is -2.10. The molecule has 0 aliphatic heterocycles. The number of nitrogens with zero attached hydrogens (tertiary/aromatic N) is 3. The number of aryl methyl sites for hydroxylation is 3. The Balaban J connectivity index is 1.67. The third kappa shape index (κ3) is 4.49. The Morgan fingerprint density at radius 3 is 2.31 bits per heavy atom. The molecule has 1 amide bonds. The molecule has 0 bridgehead atoms. The van der Waals surface area contributed by atoms with Crippen LogP contribution >= 0.6 is 0 Å². The van der Waals surface area contributed by atoms with E-state index < -0.39 is 0 Å². The quantitative estimate of drug-likeness (QED) is 0.489. The van der Waals surface area contributed by atoms with Gasteiger partial charge in [-0.05, 0) is 70.2 Å². The zero-order valence-electron chi connectivity index (χ0n) is 17.7. The van der Waals surface area contributed by atoms with Crippen LogP contribution in [-0.2, 0) is 11.3 Å². The SMILES string of the molecule is COCCn1c(C)cc(/C=N/NC(=O)c2ccc(-n3c(C)ccc3C)cc2)c1C. The molecule has 6 nitrogen and oxygen atoms in total. The predicted octanol–water partition coefficient (Wildman–Crippen LogP) is 3.92. The molecule has 2 heterocycles. The topological polar surface area (TPSA) is 60.5 Å². The van der Waals surface area contributed by atoms with Crippen molar-refractivity contribution in [1.29, 1.82) is 0 Å². The molecule has 6 heteroatoms. The van der Waals surface area contributed by atoms with E-state index in [0.717, 1.165) is 40.6 Å². The lowest BCUT2D eigenvalue weighted by molar-refractivity contribution is 0.0955. The lowest BCUT2D eigenvalue weighted by Crippen LogP contribution is -2.17. The molecule has 2 aromatic heterocycles. The summed E-state index contributed by atoms with van der Waals surface area (Å²) in [4.78, 5) is 12.4. The summed E-state index contributed by atoms with van der Waals surface area (Å²) in [6.07, 6.45) is 1.68. The molecule has 0 saturated carbocycles. The molecular weight excluding hydrogens is 364 g/mol. The number of aromatic nitrogens is 2. The summed E-state index contributed by atoms with van der Waals surface area (Å²) in [6.45, 7) is 9.66. The number of amides is 1. The number of benzene rings is 1. The van der Waals surface area contributed by atoms with E-state index in [4.69, 9.17) is 4.74 Å². The Morgan fingerprint density at radius 2 is 1.69 bits per heavy atom. The van der Waals surface area contributed by atoms with Gasteiger partial charge in [0.15, 0.2) is 0 Å². The number of hydrogen-bond acceptors (Lipinski definition) is 3. The Labute approximate surface area is 171 Å². The summed E-state index contributed by atoms with van der Waals surface area (Å²) < 4.78 is 9.49. The van der Waals surface area contributed by atoms with Crippen LogP contribution in [0.25, 0.3) is 5.69 Å². The molecule has 0 atom stereocenters. The molecule has 0 saturated heterocycles. The van der Waals surface area contributed by atoms with Crippen molar-refractivity contribution >= 4 is 12.1 Å². The van der Waals surface area contributed by atoms with Gasteiger partial charge in [-0.25, -0.2) is 5.43 Å². The molecule has 1 N–H and O–H groups in total. The zero-order valence-corrected chi connectivity index (χ0v) is 17.7. The van der Waals surface area contributed by atoms with Gasteiger partial charge in [-0.2, -0.15) is 5.10 Å². The summed E-state index contributed by atoms with van der Waals surface area (Å²) in [7, 11) is 1.69. The molecule has 152 valence electrons. The van der Waals surface area contributed by atoms with E-state index >= 15 is 0 Å². The summed E-state index contributed by atoms with van der Waals surface area (Å²) in [5.41, 5.74) is 9.75. The maximum Gasteiger partial charge on any atom is 0.271 e. The highest BCUT2D eigenvalue weighted by molar-refractivity contribution is 5.95. The van der Waals surface area contributed by atoms with Crippen LogP contribution in [0.1, 0.15) is 38.7 Å². The van der Waals surface area contributed by atoms with Crippen molar-refractivity contribution in [3.8, 4) is 5.69 Å². The van der Waals surface area contributed by atoms with E-state index in [9.17, 15) is 4.79 Å². The Kier molecular flexibility index (Phi) is 6.34. The maximum absolute atomic E-state index is 12.4. The first-order valence-corrected chi connectivity index (χ1v) is 9.67. The van der Waals surface area contributed by atoms with Crippen molar-refractivity contribution in [2.24, 2.45) is 5.10 Å². The average molecular weight is 393 g/mol. The van der Waals surface area contributed by atoms with Crippen LogP contribution in [0.4, 0.5) is 0 Å². The van der Waals surface area contributed by atoms with Gasteiger partial charge >= 0.3 is 0 Å². The van der Waals surface area contributed by atoms with E-state index in [-0.39, 0.29) is 5.91 Å². The summed E-state index contributed by atoms with van der Waals surface area (Å²) in [5, 5.41) is 4.14. The first-order chi connectivity index (χ1) is 13.9. The summed E-state index contributed by atoms with van der Waals surface area (Å²) >= 11 is 0. The normalized spacial score (nSPS) is 11.3. The first-order valence-electron chi connectivity index (χ1n) is 9.67. The zero-order chi connectivity index (χ0) is 21.0. The van der Waals surface area contributed by atoms with Crippen LogP contribution in [0.3, 0.4) is 0 Å². The fraction of sp³-hybridized carbons (Fsp3) is 0.304. The van der Waals surface area contributed by atoms with Crippen molar-refractivity contribution < 1.29 is 9.53 Å². The predicted molar refractivity (Wildman–Crippen MR) is 116 cm³/mol. The number of rotatable bonds is 7. The second-order valence-electron chi connectivity index (χ2n) is 7.17. The van der Waals surface area contributed by atoms with Crippen LogP contribution in [0.5, 0.6) is 0 Å². The first kappa shape index (κ1) is 20.6. The van der Waals surface area contributed by atoms with Crippen molar-refractivity contribution in [2.75, 3.05) is 13.7 Å². The molecule has 1 aromatic carbocycles. The monoisotopic (exact) mass is 392 g/mol.